The SMILES string of the molecule is O=C(CNc1cccc(C(F)(F)F)c1)Nc1ccc(-c2n[nH]c(C3CC3)n2)cc1. The van der Waals surface area contributed by atoms with Crippen LogP contribution in [0, 0.1) is 0 Å². The molecule has 0 radical (unpaired) electrons. The second-order valence-electron chi connectivity index (χ2n) is 6.88. The van der Waals surface area contributed by atoms with Crippen LogP contribution in [0.25, 0.3) is 11.4 Å². The van der Waals surface area contributed by atoms with Crippen LogP contribution in [0.2, 0.25) is 0 Å². The quantitative estimate of drug-likeness (QED) is 0.571. The van der Waals surface area contributed by atoms with Crippen molar-refractivity contribution in [3.05, 3.63) is 59.9 Å². The number of benzene rings is 2. The first-order chi connectivity index (χ1) is 13.9. The second kappa shape index (κ2) is 7.57. The number of hydrogen-bond donors (Lipinski definition) is 3. The molecule has 0 saturated heterocycles. The molecule has 0 aliphatic heterocycles. The molecule has 1 aliphatic rings. The van der Waals surface area contributed by atoms with Gasteiger partial charge in [0.05, 0.1) is 12.1 Å². The summed E-state index contributed by atoms with van der Waals surface area (Å²) in [5.74, 6) is 1.62. The summed E-state index contributed by atoms with van der Waals surface area (Å²) in [5, 5.41) is 12.6. The number of anilines is 2. The van der Waals surface area contributed by atoms with Gasteiger partial charge in [0.25, 0.3) is 0 Å². The molecule has 1 saturated carbocycles. The number of halogens is 3. The van der Waals surface area contributed by atoms with Crippen LogP contribution >= 0.6 is 0 Å². The van der Waals surface area contributed by atoms with Crippen LogP contribution in [-0.2, 0) is 11.0 Å². The number of carbonyl (C=O) groups is 1. The summed E-state index contributed by atoms with van der Waals surface area (Å²) >= 11 is 0. The monoisotopic (exact) mass is 401 g/mol. The summed E-state index contributed by atoms with van der Waals surface area (Å²) in [6.45, 7) is -0.158. The Kier molecular flexibility index (Phi) is 4.96. The fraction of sp³-hybridized carbons (Fsp3) is 0.250. The van der Waals surface area contributed by atoms with Gasteiger partial charge in [0.2, 0.25) is 5.91 Å². The van der Waals surface area contributed by atoms with Gasteiger partial charge in [-0.25, -0.2) is 4.98 Å². The normalized spacial score (nSPS) is 13.9. The third kappa shape index (κ3) is 4.74. The van der Waals surface area contributed by atoms with Crippen molar-refractivity contribution in [2.45, 2.75) is 24.9 Å². The number of nitrogens with zero attached hydrogens (tertiary/aromatic N) is 2. The number of amides is 1. The van der Waals surface area contributed by atoms with Crippen LogP contribution in [0.4, 0.5) is 24.5 Å². The van der Waals surface area contributed by atoms with E-state index >= 15 is 0 Å². The highest BCUT2D eigenvalue weighted by Gasteiger charge is 2.30. The Hall–Kier alpha value is -3.36. The van der Waals surface area contributed by atoms with Crippen LogP contribution in [0.3, 0.4) is 0 Å². The molecule has 6 nitrogen and oxygen atoms in total. The first kappa shape index (κ1) is 19.0. The molecule has 3 aromatic rings. The Bertz CT molecular complexity index is 1010. The molecule has 1 aromatic heterocycles. The number of alkyl halides is 3. The molecular formula is C20H18F3N5O. The summed E-state index contributed by atoms with van der Waals surface area (Å²) in [5.41, 5.74) is 0.854. The smallest absolute Gasteiger partial charge is 0.376 e. The van der Waals surface area contributed by atoms with E-state index in [2.05, 4.69) is 25.8 Å². The number of carbonyl (C=O) groups excluding carboxylic acids is 1. The third-order valence-corrected chi connectivity index (χ3v) is 4.54. The predicted octanol–water partition coefficient (Wildman–Crippen LogP) is 4.42. The first-order valence-electron chi connectivity index (χ1n) is 9.12. The molecule has 1 amide bonds. The molecule has 1 heterocycles. The number of aromatic amines is 1. The van der Waals surface area contributed by atoms with Crippen molar-refractivity contribution >= 4 is 17.3 Å². The number of nitrogens with one attached hydrogen (secondary N) is 3. The van der Waals surface area contributed by atoms with Crippen molar-refractivity contribution in [1.82, 2.24) is 15.2 Å². The first-order valence-corrected chi connectivity index (χ1v) is 9.12. The molecule has 4 rings (SSSR count). The summed E-state index contributed by atoms with van der Waals surface area (Å²) in [7, 11) is 0. The fourth-order valence-corrected chi connectivity index (χ4v) is 2.84. The van der Waals surface area contributed by atoms with Crippen LogP contribution in [0.15, 0.2) is 48.5 Å². The zero-order valence-corrected chi connectivity index (χ0v) is 15.3. The molecular weight excluding hydrogens is 383 g/mol. The van der Waals surface area contributed by atoms with E-state index in [4.69, 9.17) is 0 Å². The maximum Gasteiger partial charge on any atom is 0.416 e. The Labute approximate surface area is 164 Å². The Balaban J connectivity index is 1.32. The summed E-state index contributed by atoms with van der Waals surface area (Å²) in [6, 6.07) is 11.8. The summed E-state index contributed by atoms with van der Waals surface area (Å²) in [4.78, 5) is 16.6. The van der Waals surface area contributed by atoms with E-state index in [0.717, 1.165) is 36.4 Å². The van der Waals surface area contributed by atoms with Crippen molar-refractivity contribution < 1.29 is 18.0 Å². The Morgan fingerprint density at radius 2 is 1.86 bits per heavy atom. The highest BCUT2D eigenvalue weighted by molar-refractivity contribution is 5.93. The van der Waals surface area contributed by atoms with Crippen molar-refractivity contribution in [3.8, 4) is 11.4 Å². The van der Waals surface area contributed by atoms with E-state index in [1.165, 1.54) is 12.1 Å². The summed E-state index contributed by atoms with van der Waals surface area (Å²) < 4.78 is 38.2. The van der Waals surface area contributed by atoms with E-state index in [0.29, 0.717) is 17.4 Å². The molecule has 1 fully saturated rings. The maximum absolute atomic E-state index is 12.7. The van der Waals surface area contributed by atoms with Crippen molar-refractivity contribution in [1.29, 1.82) is 0 Å². The van der Waals surface area contributed by atoms with Crippen LogP contribution in [-0.4, -0.2) is 27.6 Å². The minimum atomic E-state index is -4.43. The van der Waals surface area contributed by atoms with E-state index in [-0.39, 0.29) is 18.1 Å². The maximum atomic E-state index is 12.7. The average molecular weight is 401 g/mol. The van der Waals surface area contributed by atoms with E-state index in [9.17, 15) is 18.0 Å². The highest BCUT2D eigenvalue weighted by Crippen LogP contribution is 2.38. The van der Waals surface area contributed by atoms with E-state index < -0.39 is 11.7 Å². The van der Waals surface area contributed by atoms with Gasteiger partial charge in [-0.1, -0.05) is 6.07 Å². The van der Waals surface area contributed by atoms with Gasteiger partial charge in [0.1, 0.15) is 5.82 Å². The predicted molar refractivity (Wildman–Crippen MR) is 102 cm³/mol. The van der Waals surface area contributed by atoms with Gasteiger partial charge in [-0.3, -0.25) is 9.89 Å². The number of H-pyrrole nitrogens is 1. The lowest BCUT2D eigenvalue weighted by atomic mass is 10.2. The van der Waals surface area contributed by atoms with Crippen LogP contribution in [0.1, 0.15) is 30.1 Å². The van der Waals surface area contributed by atoms with Crippen LogP contribution < -0.4 is 10.6 Å². The van der Waals surface area contributed by atoms with Crippen LogP contribution in [0.5, 0.6) is 0 Å². The lowest BCUT2D eigenvalue weighted by Crippen LogP contribution is -2.21. The molecule has 0 unspecified atom stereocenters. The van der Waals surface area contributed by atoms with E-state index in [1.807, 2.05) is 0 Å². The molecule has 2 aromatic carbocycles. The molecule has 3 N–H and O–H groups in total. The number of aromatic nitrogens is 3. The van der Waals surface area contributed by atoms with E-state index in [1.54, 1.807) is 24.3 Å². The topological polar surface area (TPSA) is 82.7 Å². The van der Waals surface area contributed by atoms with Gasteiger partial charge in [-0.2, -0.15) is 18.3 Å². The summed E-state index contributed by atoms with van der Waals surface area (Å²) in [6.07, 6.45) is -2.16. The Morgan fingerprint density at radius 3 is 2.55 bits per heavy atom. The zero-order chi connectivity index (χ0) is 20.4. The van der Waals surface area contributed by atoms with Gasteiger partial charge in [-0.15, -0.1) is 0 Å². The largest absolute Gasteiger partial charge is 0.416 e. The fourth-order valence-electron chi connectivity index (χ4n) is 2.84. The third-order valence-electron chi connectivity index (χ3n) is 4.54. The standard InChI is InChI=1S/C20H18F3N5O/c21-20(22,23)14-2-1-3-16(10-14)24-11-17(29)25-15-8-6-13(7-9-15)19-26-18(27-28-19)12-4-5-12/h1-3,6-10,12,24H,4-5,11H2,(H,25,29)(H,26,27,28). The van der Waals surface area contributed by atoms with Gasteiger partial charge in [0, 0.05) is 22.9 Å². The minimum absolute atomic E-state index is 0.158. The van der Waals surface area contributed by atoms with Gasteiger partial charge in [0.15, 0.2) is 5.82 Å². The molecule has 0 bridgehead atoms. The molecule has 0 atom stereocenters. The lowest BCUT2D eigenvalue weighted by molar-refractivity contribution is -0.137. The van der Waals surface area contributed by atoms with Crippen molar-refractivity contribution in [2.24, 2.45) is 0 Å². The lowest BCUT2D eigenvalue weighted by Gasteiger charge is -2.11. The highest BCUT2D eigenvalue weighted by atomic mass is 19.4. The molecule has 29 heavy (non-hydrogen) atoms. The molecule has 1 aliphatic carbocycles. The number of rotatable bonds is 6. The number of hydrogen-bond acceptors (Lipinski definition) is 4. The van der Waals surface area contributed by atoms with Gasteiger partial charge in [-0.05, 0) is 55.3 Å². The van der Waals surface area contributed by atoms with Gasteiger partial charge < -0.3 is 10.6 Å². The van der Waals surface area contributed by atoms with Crippen molar-refractivity contribution in [2.75, 3.05) is 17.2 Å². The molecule has 0 spiro atoms. The average Bonchev–Trinajstić information content (AvgIpc) is 3.44. The molecule has 150 valence electrons. The minimum Gasteiger partial charge on any atom is -0.376 e. The zero-order valence-electron chi connectivity index (χ0n) is 15.3. The molecule has 9 heteroatoms. The second-order valence-corrected chi connectivity index (χ2v) is 6.88. The Morgan fingerprint density at radius 1 is 1.10 bits per heavy atom. The van der Waals surface area contributed by atoms with Crippen molar-refractivity contribution in [3.63, 3.8) is 0 Å². The van der Waals surface area contributed by atoms with Gasteiger partial charge >= 0.3 is 6.18 Å².